The van der Waals surface area contributed by atoms with Crippen LogP contribution in [-0.4, -0.2) is 53.4 Å². The van der Waals surface area contributed by atoms with Crippen LogP contribution in [0.4, 0.5) is 0 Å². The Labute approximate surface area is 148 Å². The second-order valence-corrected chi connectivity index (χ2v) is 7.18. The van der Waals surface area contributed by atoms with Crippen molar-refractivity contribution in [2.75, 3.05) is 32.7 Å². The van der Waals surface area contributed by atoms with Crippen molar-refractivity contribution in [3.05, 3.63) is 52.0 Å². The average molecular weight is 343 g/mol. The van der Waals surface area contributed by atoms with E-state index in [-0.39, 0.29) is 5.91 Å². The van der Waals surface area contributed by atoms with Crippen LogP contribution in [-0.2, 0) is 17.6 Å². The van der Waals surface area contributed by atoms with Crippen molar-refractivity contribution in [3.8, 4) is 0 Å². The zero-order chi connectivity index (χ0) is 16.8. The lowest BCUT2D eigenvalue weighted by Gasteiger charge is -2.20. The Morgan fingerprint density at radius 3 is 2.79 bits per heavy atom. The van der Waals surface area contributed by atoms with Gasteiger partial charge in [-0.1, -0.05) is 37.3 Å². The maximum Gasteiger partial charge on any atom is 0.228 e. The first-order valence-corrected chi connectivity index (χ1v) is 9.60. The number of aromatic nitrogens is 1. The van der Waals surface area contributed by atoms with Crippen LogP contribution in [0.2, 0.25) is 0 Å². The van der Waals surface area contributed by atoms with E-state index in [0.29, 0.717) is 6.42 Å². The molecule has 1 amide bonds. The minimum Gasteiger partial charge on any atom is -0.341 e. The fourth-order valence-electron chi connectivity index (χ4n) is 3.09. The first-order valence-electron chi connectivity index (χ1n) is 8.72. The topological polar surface area (TPSA) is 36.4 Å². The standard InChI is InChI=1S/C19H25N3OS/c1-2-21-9-6-10-22(12-11-21)19(23)14-17-15-24-18(20-17)13-16-7-4-3-5-8-16/h3-5,7-8,15H,2,6,9-14H2,1H3. The van der Waals surface area contributed by atoms with Gasteiger partial charge in [0.15, 0.2) is 0 Å². The SMILES string of the molecule is CCN1CCCN(C(=O)Cc2csc(Cc3ccccc3)n2)CC1. The Hall–Kier alpha value is -1.72. The van der Waals surface area contributed by atoms with Crippen LogP contribution in [0.3, 0.4) is 0 Å². The van der Waals surface area contributed by atoms with E-state index in [1.165, 1.54) is 5.56 Å². The van der Waals surface area contributed by atoms with E-state index in [4.69, 9.17) is 0 Å². The van der Waals surface area contributed by atoms with Crippen molar-refractivity contribution < 1.29 is 4.79 Å². The predicted octanol–water partition coefficient (Wildman–Crippen LogP) is 2.83. The van der Waals surface area contributed by atoms with Crippen LogP contribution >= 0.6 is 11.3 Å². The number of rotatable bonds is 5. The molecule has 2 heterocycles. The van der Waals surface area contributed by atoms with Gasteiger partial charge in [0.2, 0.25) is 5.91 Å². The highest BCUT2D eigenvalue weighted by molar-refractivity contribution is 7.09. The summed E-state index contributed by atoms with van der Waals surface area (Å²) in [7, 11) is 0. The number of hydrogen-bond donors (Lipinski definition) is 0. The molecular weight excluding hydrogens is 318 g/mol. The Morgan fingerprint density at radius 1 is 1.17 bits per heavy atom. The van der Waals surface area contributed by atoms with Gasteiger partial charge in [-0.25, -0.2) is 4.98 Å². The summed E-state index contributed by atoms with van der Waals surface area (Å²) in [5.74, 6) is 0.213. The summed E-state index contributed by atoms with van der Waals surface area (Å²) in [6, 6.07) is 10.3. The number of amides is 1. The Balaban J connectivity index is 1.55. The molecule has 1 aliphatic heterocycles. The summed E-state index contributed by atoms with van der Waals surface area (Å²) in [4.78, 5) is 21.6. The highest BCUT2D eigenvalue weighted by Crippen LogP contribution is 2.16. The van der Waals surface area contributed by atoms with Gasteiger partial charge in [-0.3, -0.25) is 4.79 Å². The number of benzene rings is 1. The fraction of sp³-hybridized carbons (Fsp3) is 0.474. The normalized spacial score (nSPS) is 16.1. The third-order valence-corrected chi connectivity index (χ3v) is 5.42. The van der Waals surface area contributed by atoms with Crippen molar-refractivity contribution in [2.45, 2.75) is 26.2 Å². The molecule has 128 valence electrons. The molecule has 0 unspecified atom stereocenters. The van der Waals surface area contributed by atoms with E-state index < -0.39 is 0 Å². The molecule has 0 saturated carbocycles. The minimum atomic E-state index is 0.213. The summed E-state index contributed by atoms with van der Waals surface area (Å²) < 4.78 is 0. The molecule has 0 radical (unpaired) electrons. The largest absolute Gasteiger partial charge is 0.341 e. The number of thiazole rings is 1. The zero-order valence-electron chi connectivity index (χ0n) is 14.3. The number of nitrogens with zero attached hydrogens (tertiary/aromatic N) is 3. The molecular formula is C19H25N3OS. The van der Waals surface area contributed by atoms with Crippen molar-refractivity contribution >= 4 is 17.2 Å². The third kappa shape index (κ3) is 4.65. The van der Waals surface area contributed by atoms with Gasteiger partial charge in [0, 0.05) is 31.4 Å². The second kappa shape index (κ2) is 8.40. The van der Waals surface area contributed by atoms with Gasteiger partial charge >= 0.3 is 0 Å². The molecule has 1 aromatic heterocycles. The molecule has 1 saturated heterocycles. The van der Waals surface area contributed by atoms with E-state index in [0.717, 1.165) is 56.3 Å². The first kappa shape index (κ1) is 17.1. The van der Waals surface area contributed by atoms with Crippen LogP contribution in [0.25, 0.3) is 0 Å². The highest BCUT2D eigenvalue weighted by Gasteiger charge is 2.19. The molecule has 0 N–H and O–H groups in total. The van der Waals surface area contributed by atoms with Crippen molar-refractivity contribution in [2.24, 2.45) is 0 Å². The van der Waals surface area contributed by atoms with E-state index >= 15 is 0 Å². The molecule has 1 fully saturated rings. The summed E-state index contributed by atoms with van der Waals surface area (Å²) in [6.07, 6.45) is 2.34. The second-order valence-electron chi connectivity index (χ2n) is 6.24. The summed E-state index contributed by atoms with van der Waals surface area (Å²) in [5, 5.41) is 3.11. The predicted molar refractivity (Wildman–Crippen MR) is 98.4 cm³/mol. The van der Waals surface area contributed by atoms with Crippen LogP contribution < -0.4 is 0 Å². The van der Waals surface area contributed by atoms with Crippen molar-refractivity contribution in [1.29, 1.82) is 0 Å². The molecule has 0 bridgehead atoms. The third-order valence-electron chi connectivity index (χ3n) is 4.52. The lowest BCUT2D eigenvalue weighted by Crippen LogP contribution is -2.36. The monoisotopic (exact) mass is 343 g/mol. The summed E-state index contributed by atoms with van der Waals surface area (Å²) in [6.45, 7) is 7.04. The minimum absolute atomic E-state index is 0.213. The molecule has 3 rings (SSSR count). The van der Waals surface area contributed by atoms with Crippen LogP contribution in [0.5, 0.6) is 0 Å². The molecule has 24 heavy (non-hydrogen) atoms. The molecule has 0 aliphatic carbocycles. The fourth-order valence-corrected chi connectivity index (χ4v) is 3.91. The molecule has 0 spiro atoms. The van der Waals surface area contributed by atoms with Gasteiger partial charge < -0.3 is 9.80 Å². The van der Waals surface area contributed by atoms with E-state index in [9.17, 15) is 4.79 Å². The summed E-state index contributed by atoms with van der Waals surface area (Å²) >= 11 is 1.65. The molecule has 5 heteroatoms. The number of carbonyl (C=O) groups is 1. The number of carbonyl (C=O) groups excluding carboxylic acids is 1. The van der Waals surface area contributed by atoms with E-state index in [1.807, 2.05) is 28.5 Å². The van der Waals surface area contributed by atoms with Gasteiger partial charge in [0.1, 0.15) is 0 Å². The van der Waals surface area contributed by atoms with Gasteiger partial charge in [0.05, 0.1) is 17.1 Å². The molecule has 2 aromatic rings. The number of hydrogen-bond acceptors (Lipinski definition) is 4. The smallest absolute Gasteiger partial charge is 0.228 e. The van der Waals surface area contributed by atoms with Crippen molar-refractivity contribution in [3.63, 3.8) is 0 Å². The molecule has 0 atom stereocenters. The Bertz CT molecular complexity index is 656. The maximum absolute atomic E-state index is 12.6. The first-order chi connectivity index (χ1) is 11.7. The van der Waals surface area contributed by atoms with Crippen molar-refractivity contribution in [1.82, 2.24) is 14.8 Å². The van der Waals surface area contributed by atoms with Gasteiger partial charge in [-0.2, -0.15) is 0 Å². The summed E-state index contributed by atoms with van der Waals surface area (Å²) in [5.41, 5.74) is 2.17. The molecule has 1 aromatic carbocycles. The van der Waals surface area contributed by atoms with E-state index in [1.54, 1.807) is 11.3 Å². The molecule has 4 nitrogen and oxygen atoms in total. The number of likely N-dealkylation sites (N-methyl/N-ethyl adjacent to an activating group) is 1. The van der Waals surface area contributed by atoms with Gasteiger partial charge in [0.25, 0.3) is 0 Å². The van der Waals surface area contributed by atoms with Gasteiger partial charge in [-0.15, -0.1) is 11.3 Å². The van der Waals surface area contributed by atoms with Crippen LogP contribution in [0.1, 0.15) is 29.6 Å². The Kier molecular flexibility index (Phi) is 5.99. The lowest BCUT2D eigenvalue weighted by molar-refractivity contribution is -0.130. The average Bonchev–Trinajstić information content (AvgIpc) is 2.89. The van der Waals surface area contributed by atoms with Crippen LogP contribution in [0, 0.1) is 0 Å². The highest BCUT2D eigenvalue weighted by atomic mass is 32.1. The molecule has 1 aliphatic rings. The lowest BCUT2D eigenvalue weighted by atomic mass is 10.2. The Morgan fingerprint density at radius 2 is 2.00 bits per heavy atom. The quantitative estimate of drug-likeness (QED) is 0.838. The van der Waals surface area contributed by atoms with Gasteiger partial charge in [-0.05, 0) is 25.1 Å². The van der Waals surface area contributed by atoms with Crippen LogP contribution in [0.15, 0.2) is 35.7 Å². The van der Waals surface area contributed by atoms with E-state index in [2.05, 4.69) is 28.9 Å². The maximum atomic E-state index is 12.6. The zero-order valence-corrected chi connectivity index (χ0v) is 15.1.